The number of aromatic hydroxyl groups is 1. The van der Waals surface area contributed by atoms with Crippen molar-refractivity contribution in [1.29, 1.82) is 0 Å². The lowest BCUT2D eigenvalue weighted by molar-refractivity contribution is -0.149. The average Bonchev–Trinajstić information content (AvgIpc) is 3.42. The molecule has 3 saturated heterocycles. The Kier molecular flexibility index (Phi) is 22.1. The zero-order chi connectivity index (χ0) is 65.5. The van der Waals surface area contributed by atoms with Gasteiger partial charge in [-0.1, -0.05) is 43.6 Å². The van der Waals surface area contributed by atoms with Crippen LogP contribution >= 0.6 is 0 Å². The molecule has 16 atom stereocenters. The summed E-state index contributed by atoms with van der Waals surface area (Å²) in [6, 6.07) is 3.50. The van der Waals surface area contributed by atoms with Crippen molar-refractivity contribution in [3.05, 3.63) is 83.9 Å². The average molecular weight is 1270 g/mol. The van der Waals surface area contributed by atoms with E-state index in [4.69, 9.17) is 15.0 Å². The van der Waals surface area contributed by atoms with Gasteiger partial charge < -0.3 is 102 Å². The number of phenolic OH excluding ortho intramolecular Hbond substituents is 1. The predicted molar refractivity (Wildman–Crippen MR) is 304 cm³/mol. The largest absolute Gasteiger partial charge is 0.504 e. The molecular formula is C56H71N9O23S. The number of benzene rings is 3. The number of rotatable bonds is 17. The van der Waals surface area contributed by atoms with E-state index in [1.54, 1.807) is 30.3 Å². The molecule has 3 aliphatic rings. The van der Waals surface area contributed by atoms with Crippen LogP contribution in [-0.2, 0) is 44.0 Å². The number of ether oxygens (including phenoxy) is 1. The summed E-state index contributed by atoms with van der Waals surface area (Å²) in [6.07, 6.45) is -18.4. The van der Waals surface area contributed by atoms with E-state index in [0.29, 0.717) is 50.3 Å². The summed E-state index contributed by atoms with van der Waals surface area (Å²) in [5.74, 6) is -12.9. The van der Waals surface area contributed by atoms with Crippen molar-refractivity contribution < 1.29 is 111 Å². The monoisotopic (exact) mass is 1270 g/mol. The van der Waals surface area contributed by atoms with Gasteiger partial charge in [0.25, 0.3) is 5.91 Å². The number of nitrogens with one attached hydrogen (secondary N) is 5. The Morgan fingerprint density at radius 1 is 0.787 bits per heavy atom. The molecule has 3 aromatic carbocycles. The number of aromatic nitrogens is 1. The normalized spacial score (nSPS) is 26.8. The molecule has 8 amide bonds. The number of amides is 8. The van der Waals surface area contributed by atoms with Gasteiger partial charge >= 0.3 is 10.4 Å². The highest BCUT2D eigenvalue weighted by Gasteiger charge is 2.51. The van der Waals surface area contributed by atoms with Crippen LogP contribution in [0, 0.1) is 5.92 Å². The topological polar surface area (TPSA) is 510 Å². The maximum absolute atomic E-state index is 14.7. The SMILES string of the molecule is CCCC(C)Oc1ccc(-c2cc(-c3ccc(C(=O)NC4CC(O)C(O)NC(=O)C5C(O)C(C)CN5C(=O)C(C(O)CC(N)=O)NC(=O)C(C(O)C(O)c5ccc(O)c(OS(=O)(=O)O)c5)NC(=O)C5CC(O)CN5C(=O)C(C(C)O)NC4=O)cc3)no2)cc1. The molecule has 0 spiro atoms. The molecule has 0 radical (unpaired) electrons. The highest BCUT2D eigenvalue weighted by molar-refractivity contribution is 7.81. The molecule has 4 heterocycles. The second-order valence-electron chi connectivity index (χ2n) is 22.1. The number of primary amides is 1. The van der Waals surface area contributed by atoms with E-state index in [-0.39, 0.29) is 11.7 Å². The molecule has 1 aromatic heterocycles. The summed E-state index contributed by atoms with van der Waals surface area (Å²) >= 11 is 0. The molecule has 7 rings (SSSR count). The van der Waals surface area contributed by atoms with Crippen molar-refractivity contribution >= 4 is 57.7 Å². The second kappa shape index (κ2) is 28.8. The van der Waals surface area contributed by atoms with Gasteiger partial charge in [-0.25, -0.2) is 0 Å². The molecular weight excluding hydrogens is 1200 g/mol. The number of aliphatic hydroxyl groups is 8. The third-order valence-electron chi connectivity index (χ3n) is 15.2. The number of hydrogen-bond acceptors (Lipinski definition) is 23. The van der Waals surface area contributed by atoms with Crippen molar-refractivity contribution in [3.63, 3.8) is 0 Å². The summed E-state index contributed by atoms with van der Waals surface area (Å²) < 4.78 is 48.3. The Hall–Kier alpha value is -8.38. The van der Waals surface area contributed by atoms with Crippen LogP contribution < -0.4 is 41.2 Å². The fraction of sp³-hybridized carbons (Fsp3) is 0.482. The van der Waals surface area contributed by atoms with E-state index in [9.17, 15) is 97.3 Å². The second-order valence-corrected chi connectivity index (χ2v) is 23.1. The molecule has 3 aliphatic heterocycles. The highest BCUT2D eigenvalue weighted by atomic mass is 32.3. The first-order chi connectivity index (χ1) is 41.8. The Bertz CT molecular complexity index is 3350. The van der Waals surface area contributed by atoms with E-state index < -0.39 is 198 Å². The Morgan fingerprint density at radius 3 is 2.04 bits per heavy atom. The number of hydrogen-bond donors (Lipinski definition) is 16. The third-order valence-corrected chi connectivity index (χ3v) is 15.6. The Balaban J connectivity index is 1.23. The maximum atomic E-state index is 14.7. The number of aliphatic hydroxyl groups excluding tert-OH is 8. The third kappa shape index (κ3) is 16.7. The van der Waals surface area contributed by atoms with Crippen molar-refractivity contribution in [2.75, 3.05) is 13.1 Å². The number of carbonyl (C=O) groups excluding carboxylic acids is 8. The standard InChI is InChI=1S/C56H71N9O23S/c1-5-6-25(3)86-32-14-11-28(12-15-32)39-20-33(63-87-39)27-7-9-29(10-8-27)49(75)58-34-19-38(70)52(78)62-54(80)45-46(72)24(2)22-65(45)56(82)43(37(69)21-41(57)71)60-53(79)44(48(74)47(73)30-13-16-36(68)40(17-30)88-89(83,84)85)61-51(77)35-18-31(67)23-64(35)55(81)42(26(4)66)59-50(34)76/h7-17,20,24-26,31,34-35,37-38,42-48,52,66-70,72-74,78H,5-6,18-19,21-23H2,1-4H3,(H2,57,71)(H,58,75)(H,59,76)(H,60,79)(H,61,77)(H,62,80)(H,83,84,85). The van der Waals surface area contributed by atoms with E-state index in [0.717, 1.165) is 25.8 Å². The predicted octanol–water partition coefficient (Wildman–Crippen LogP) is -3.90. The number of nitrogens with two attached hydrogens (primary N) is 1. The lowest BCUT2D eigenvalue weighted by atomic mass is 9.96. The van der Waals surface area contributed by atoms with Crippen LogP contribution in [0.4, 0.5) is 0 Å². The zero-order valence-corrected chi connectivity index (χ0v) is 49.0. The van der Waals surface area contributed by atoms with Gasteiger partial charge in [-0.15, -0.1) is 0 Å². The van der Waals surface area contributed by atoms with Gasteiger partial charge in [0.2, 0.25) is 41.4 Å². The molecule has 0 aliphatic carbocycles. The summed E-state index contributed by atoms with van der Waals surface area (Å²) in [6.45, 7) is 5.10. The molecule has 33 heteroatoms. The van der Waals surface area contributed by atoms with Crippen LogP contribution in [0.3, 0.4) is 0 Å². The van der Waals surface area contributed by atoms with Crippen LogP contribution in [0.1, 0.15) is 81.8 Å². The molecule has 32 nitrogen and oxygen atoms in total. The van der Waals surface area contributed by atoms with E-state index >= 15 is 0 Å². The number of carbonyl (C=O) groups is 8. The quantitative estimate of drug-likeness (QED) is 0.0449. The lowest BCUT2D eigenvalue weighted by Gasteiger charge is -2.34. The van der Waals surface area contributed by atoms with Crippen LogP contribution in [-0.4, -0.2) is 219 Å². The first-order valence-electron chi connectivity index (χ1n) is 28.1. The Morgan fingerprint density at radius 2 is 1.42 bits per heavy atom. The van der Waals surface area contributed by atoms with Crippen LogP contribution in [0.2, 0.25) is 0 Å². The Labute approximate surface area is 507 Å². The first kappa shape index (κ1) is 68.1. The number of phenols is 1. The van der Waals surface area contributed by atoms with Gasteiger partial charge in [0.1, 0.15) is 66.0 Å². The smallest absolute Gasteiger partial charge is 0.446 e. The first-order valence-corrected chi connectivity index (χ1v) is 29.4. The minimum absolute atomic E-state index is 0.0112. The van der Waals surface area contributed by atoms with Gasteiger partial charge in [0, 0.05) is 54.6 Å². The van der Waals surface area contributed by atoms with Crippen molar-refractivity contribution in [2.45, 2.75) is 151 Å². The van der Waals surface area contributed by atoms with Gasteiger partial charge in [-0.3, -0.25) is 42.9 Å². The summed E-state index contributed by atoms with van der Waals surface area (Å²) in [5, 5.41) is 116. The molecule has 3 fully saturated rings. The van der Waals surface area contributed by atoms with E-state index in [1.807, 2.05) is 17.6 Å². The molecule has 0 saturated carbocycles. The van der Waals surface area contributed by atoms with E-state index in [1.165, 1.54) is 31.2 Å². The van der Waals surface area contributed by atoms with Crippen molar-refractivity contribution in [2.24, 2.45) is 11.7 Å². The number of fused-ring (bicyclic) bond motifs is 2. The molecule has 4 aromatic rings. The van der Waals surface area contributed by atoms with Crippen LogP contribution in [0.5, 0.6) is 17.2 Å². The lowest BCUT2D eigenvalue weighted by Crippen LogP contribution is -2.64. The summed E-state index contributed by atoms with van der Waals surface area (Å²) in [7, 11) is -5.35. The summed E-state index contributed by atoms with van der Waals surface area (Å²) in [4.78, 5) is 115. The molecule has 89 heavy (non-hydrogen) atoms. The van der Waals surface area contributed by atoms with Gasteiger partial charge in [-0.2, -0.15) is 8.42 Å². The van der Waals surface area contributed by atoms with Gasteiger partial charge in [-0.05, 0) is 74.4 Å². The minimum atomic E-state index is -5.35. The van der Waals surface area contributed by atoms with Crippen LogP contribution in [0.15, 0.2) is 77.3 Å². The van der Waals surface area contributed by atoms with Gasteiger partial charge in [0.15, 0.2) is 23.5 Å². The van der Waals surface area contributed by atoms with E-state index in [2.05, 4.69) is 32.2 Å². The number of nitrogens with zero attached hydrogens (tertiary/aromatic N) is 3. The molecule has 0 bridgehead atoms. The van der Waals surface area contributed by atoms with Crippen molar-refractivity contribution in [3.8, 4) is 39.8 Å². The van der Waals surface area contributed by atoms with Gasteiger partial charge in [0.05, 0.1) is 36.9 Å². The molecule has 484 valence electrons. The fourth-order valence-electron chi connectivity index (χ4n) is 10.5. The molecule has 17 N–H and O–H groups in total. The molecule has 16 unspecified atom stereocenters. The summed E-state index contributed by atoms with van der Waals surface area (Å²) in [5.41, 5.74) is 6.15. The van der Waals surface area contributed by atoms with Crippen LogP contribution in [0.25, 0.3) is 22.6 Å². The zero-order valence-electron chi connectivity index (χ0n) is 48.2. The highest BCUT2D eigenvalue weighted by Crippen LogP contribution is 2.34. The fourth-order valence-corrected chi connectivity index (χ4v) is 10.8. The van der Waals surface area contributed by atoms with Crippen molar-refractivity contribution in [1.82, 2.24) is 41.5 Å². The maximum Gasteiger partial charge on any atom is 0.446 e. The minimum Gasteiger partial charge on any atom is -0.504 e.